The summed E-state index contributed by atoms with van der Waals surface area (Å²) in [5.74, 6) is 0. The van der Waals surface area contributed by atoms with Crippen molar-refractivity contribution >= 4 is 11.7 Å². The summed E-state index contributed by atoms with van der Waals surface area (Å²) >= 11 is 0. The van der Waals surface area contributed by atoms with E-state index in [-0.39, 0.29) is 6.09 Å². The minimum atomic E-state index is -0.230. The lowest BCUT2D eigenvalue weighted by Crippen LogP contribution is -2.24. The van der Waals surface area contributed by atoms with Crippen LogP contribution in [-0.2, 0) is 11.2 Å². The molecular formula is C18H15NO2. The van der Waals surface area contributed by atoms with Gasteiger partial charge in [-0.25, -0.2) is 4.79 Å². The maximum Gasteiger partial charge on any atom is 0.414 e. The van der Waals surface area contributed by atoms with E-state index in [1.807, 2.05) is 18.2 Å². The molecule has 3 heteroatoms. The molecule has 0 bridgehead atoms. The Labute approximate surface area is 123 Å². The van der Waals surface area contributed by atoms with Crippen molar-refractivity contribution in [2.45, 2.75) is 6.42 Å². The Balaban J connectivity index is 2.00. The zero-order chi connectivity index (χ0) is 14.2. The Morgan fingerprint density at radius 3 is 2.57 bits per heavy atom. The van der Waals surface area contributed by atoms with Gasteiger partial charge in [0.25, 0.3) is 0 Å². The van der Waals surface area contributed by atoms with E-state index in [1.54, 1.807) is 4.90 Å². The van der Waals surface area contributed by atoms with Gasteiger partial charge in [0.05, 0.1) is 5.70 Å². The Morgan fingerprint density at radius 1 is 0.952 bits per heavy atom. The largest absolute Gasteiger partial charge is 0.443 e. The molecule has 3 nitrogen and oxygen atoms in total. The van der Waals surface area contributed by atoms with E-state index in [9.17, 15) is 4.79 Å². The first-order chi connectivity index (χ1) is 10.3. The Morgan fingerprint density at radius 2 is 1.71 bits per heavy atom. The van der Waals surface area contributed by atoms with Crippen LogP contribution < -0.4 is 0 Å². The highest BCUT2D eigenvalue weighted by Crippen LogP contribution is 2.36. The van der Waals surface area contributed by atoms with Gasteiger partial charge < -0.3 is 4.74 Å². The fourth-order valence-electron chi connectivity index (χ4n) is 3.13. The topological polar surface area (TPSA) is 29.5 Å². The number of benzene rings is 2. The highest BCUT2D eigenvalue weighted by Gasteiger charge is 2.33. The number of cyclic esters (lactones) is 1. The van der Waals surface area contributed by atoms with Crippen LogP contribution in [0.3, 0.4) is 0 Å². The predicted octanol–water partition coefficient (Wildman–Crippen LogP) is 3.45. The lowest BCUT2D eigenvalue weighted by Gasteiger charge is -2.15. The normalized spacial score (nSPS) is 17.1. The average Bonchev–Trinajstić information content (AvgIpc) is 2.80. The second kappa shape index (κ2) is 4.77. The third-order valence-electron chi connectivity index (χ3n) is 4.12. The van der Waals surface area contributed by atoms with E-state index in [0.29, 0.717) is 13.2 Å². The SMILES string of the molecule is O=C1OCC2=C(c3ccccc3)c3ccccc3CCN12. The summed E-state index contributed by atoms with van der Waals surface area (Å²) < 4.78 is 5.25. The predicted molar refractivity (Wildman–Crippen MR) is 80.7 cm³/mol. The van der Waals surface area contributed by atoms with Gasteiger partial charge in [0.15, 0.2) is 0 Å². The number of amides is 1. The minimum absolute atomic E-state index is 0.230. The molecule has 4 rings (SSSR count). The molecule has 2 aromatic rings. The van der Waals surface area contributed by atoms with Crippen molar-refractivity contribution in [2.24, 2.45) is 0 Å². The van der Waals surface area contributed by atoms with Gasteiger partial charge in [0, 0.05) is 12.1 Å². The zero-order valence-corrected chi connectivity index (χ0v) is 11.6. The molecule has 2 aromatic carbocycles. The molecule has 21 heavy (non-hydrogen) atoms. The second-order valence-corrected chi connectivity index (χ2v) is 5.30. The Hall–Kier alpha value is -2.55. The fraction of sp³-hybridized carbons (Fsp3) is 0.167. The first-order valence-electron chi connectivity index (χ1n) is 7.16. The summed E-state index contributed by atoms with van der Waals surface area (Å²) in [5, 5.41) is 0. The number of carbonyl (C=O) groups is 1. The summed E-state index contributed by atoms with van der Waals surface area (Å²) in [7, 11) is 0. The molecule has 104 valence electrons. The number of hydrogen-bond acceptors (Lipinski definition) is 2. The van der Waals surface area contributed by atoms with Gasteiger partial charge in [-0.05, 0) is 23.1 Å². The minimum Gasteiger partial charge on any atom is -0.443 e. The van der Waals surface area contributed by atoms with Gasteiger partial charge >= 0.3 is 6.09 Å². The van der Waals surface area contributed by atoms with E-state index >= 15 is 0 Å². The van der Waals surface area contributed by atoms with Crippen molar-refractivity contribution in [1.29, 1.82) is 0 Å². The van der Waals surface area contributed by atoms with Crippen LogP contribution >= 0.6 is 0 Å². The number of carbonyl (C=O) groups excluding carboxylic acids is 1. The van der Waals surface area contributed by atoms with Crippen molar-refractivity contribution in [3.8, 4) is 0 Å². The maximum absolute atomic E-state index is 12.0. The van der Waals surface area contributed by atoms with Gasteiger partial charge in [0.1, 0.15) is 6.61 Å². The molecule has 2 aliphatic rings. The summed E-state index contributed by atoms with van der Waals surface area (Å²) in [6.45, 7) is 1.04. The quantitative estimate of drug-likeness (QED) is 0.799. The van der Waals surface area contributed by atoms with E-state index in [1.165, 1.54) is 11.1 Å². The van der Waals surface area contributed by atoms with Crippen molar-refractivity contribution in [3.05, 3.63) is 77.0 Å². The molecule has 0 radical (unpaired) electrons. The standard InChI is InChI=1S/C18H15NO2/c20-18-19-11-10-13-6-4-5-9-15(13)17(16(19)12-21-18)14-7-2-1-3-8-14/h1-9H,10-12H2. The Bertz CT molecular complexity index is 734. The first kappa shape index (κ1) is 12.2. The molecule has 0 aromatic heterocycles. The first-order valence-corrected chi connectivity index (χ1v) is 7.16. The van der Waals surface area contributed by atoms with E-state index in [2.05, 4.69) is 36.4 Å². The van der Waals surface area contributed by atoms with Crippen molar-refractivity contribution in [3.63, 3.8) is 0 Å². The van der Waals surface area contributed by atoms with Crippen LogP contribution in [0.4, 0.5) is 4.79 Å². The van der Waals surface area contributed by atoms with Gasteiger partial charge in [0.2, 0.25) is 0 Å². The Kier molecular flexibility index (Phi) is 2.78. The average molecular weight is 277 g/mol. The number of hydrogen-bond donors (Lipinski definition) is 0. The molecule has 0 N–H and O–H groups in total. The third-order valence-corrected chi connectivity index (χ3v) is 4.12. The molecule has 0 spiro atoms. The number of fused-ring (bicyclic) bond motifs is 2. The number of nitrogens with zero attached hydrogens (tertiary/aromatic N) is 1. The van der Waals surface area contributed by atoms with Crippen molar-refractivity contribution in [1.82, 2.24) is 4.90 Å². The van der Waals surface area contributed by atoms with Gasteiger partial charge in [-0.1, -0.05) is 54.6 Å². The molecule has 0 atom stereocenters. The maximum atomic E-state index is 12.0. The second-order valence-electron chi connectivity index (χ2n) is 5.30. The lowest BCUT2D eigenvalue weighted by molar-refractivity contribution is 0.159. The molecule has 1 amide bonds. The van der Waals surface area contributed by atoms with Crippen molar-refractivity contribution < 1.29 is 9.53 Å². The zero-order valence-electron chi connectivity index (χ0n) is 11.6. The summed E-state index contributed by atoms with van der Waals surface area (Å²) in [6.07, 6.45) is 0.622. The van der Waals surface area contributed by atoms with Crippen LogP contribution in [0.2, 0.25) is 0 Å². The fourth-order valence-corrected chi connectivity index (χ4v) is 3.13. The highest BCUT2D eigenvalue weighted by atomic mass is 16.6. The van der Waals surface area contributed by atoms with Gasteiger partial charge in [-0.15, -0.1) is 0 Å². The molecule has 1 saturated heterocycles. The van der Waals surface area contributed by atoms with Crippen LogP contribution in [0, 0.1) is 0 Å². The van der Waals surface area contributed by atoms with Crippen molar-refractivity contribution in [2.75, 3.05) is 13.2 Å². The van der Waals surface area contributed by atoms with Gasteiger partial charge in [-0.3, -0.25) is 4.90 Å². The molecule has 1 fully saturated rings. The summed E-state index contributed by atoms with van der Waals surface area (Å²) in [5.41, 5.74) is 5.72. The molecule has 0 aliphatic carbocycles. The van der Waals surface area contributed by atoms with Gasteiger partial charge in [-0.2, -0.15) is 0 Å². The highest BCUT2D eigenvalue weighted by molar-refractivity contribution is 5.88. The molecule has 2 heterocycles. The van der Waals surface area contributed by atoms with E-state index in [0.717, 1.165) is 23.3 Å². The number of rotatable bonds is 1. The van der Waals surface area contributed by atoms with Crippen LogP contribution in [0.15, 0.2) is 60.3 Å². The van der Waals surface area contributed by atoms with Crippen LogP contribution in [0.25, 0.3) is 5.57 Å². The van der Waals surface area contributed by atoms with Crippen LogP contribution in [0.5, 0.6) is 0 Å². The van der Waals surface area contributed by atoms with E-state index in [4.69, 9.17) is 4.74 Å². The monoisotopic (exact) mass is 277 g/mol. The van der Waals surface area contributed by atoms with E-state index < -0.39 is 0 Å². The van der Waals surface area contributed by atoms with Crippen LogP contribution in [-0.4, -0.2) is 24.1 Å². The molecular weight excluding hydrogens is 262 g/mol. The van der Waals surface area contributed by atoms with Crippen LogP contribution in [0.1, 0.15) is 16.7 Å². The molecule has 2 aliphatic heterocycles. The number of ether oxygens (including phenoxy) is 1. The lowest BCUT2D eigenvalue weighted by atomic mass is 9.92. The summed E-state index contributed by atoms with van der Waals surface area (Å²) in [4.78, 5) is 13.7. The smallest absolute Gasteiger partial charge is 0.414 e. The summed E-state index contributed by atoms with van der Waals surface area (Å²) in [6, 6.07) is 18.6. The molecule has 0 unspecified atom stereocenters. The third kappa shape index (κ3) is 1.93. The molecule has 0 saturated carbocycles.